The van der Waals surface area contributed by atoms with Gasteiger partial charge in [0.1, 0.15) is 46.6 Å². The minimum Gasteiger partial charge on any atom is -0.490 e. The van der Waals surface area contributed by atoms with Gasteiger partial charge in [0.2, 0.25) is 23.6 Å². The number of carbonyl (C=O) groups excluding carboxylic acids is 4. The zero-order valence-electron chi connectivity index (χ0n) is 42.0. The van der Waals surface area contributed by atoms with Crippen LogP contribution in [-0.4, -0.2) is 96.0 Å². The molecule has 4 amide bonds. The molecule has 73 heavy (non-hydrogen) atoms. The summed E-state index contributed by atoms with van der Waals surface area (Å²) in [6, 6.07) is 16.5. The normalized spacial score (nSPS) is 20.2. The molecule has 5 atom stereocenters. The predicted molar refractivity (Wildman–Crippen MR) is 280 cm³/mol. The van der Waals surface area contributed by atoms with Crippen LogP contribution in [0.4, 0.5) is 4.39 Å². The number of nitrogens with zero attached hydrogens (tertiary/aromatic N) is 6. The molecule has 9 rings (SSSR count). The van der Waals surface area contributed by atoms with Gasteiger partial charge in [-0.3, -0.25) is 28.7 Å². The average Bonchev–Trinajstić information content (AvgIpc) is 4.10. The summed E-state index contributed by atoms with van der Waals surface area (Å²) in [5, 5.41) is 30.1. The first-order valence-corrected chi connectivity index (χ1v) is 26.5. The van der Waals surface area contributed by atoms with E-state index in [1.54, 1.807) is 55.0 Å². The van der Waals surface area contributed by atoms with Gasteiger partial charge in [0.15, 0.2) is 5.82 Å². The van der Waals surface area contributed by atoms with E-state index >= 15 is 4.39 Å². The number of hydrogen-bond acceptors (Lipinski definition) is 12. The fourth-order valence-electron chi connectivity index (χ4n) is 9.71. The molecule has 0 unspecified atom stereocenters. The summed E-state index contributed by atoms with van der Waals surface area (Å²) in [5.41, 5.74) is 7.67. The number of thiophene rings is 1. The Labute approximate surface area is 436 Å². The van der Waals surface area contributed by atoms with Crippen LogP contribution in [0.1, 0.15) is 115 Å². The monoisotopic (exact) mass is 1050 g/mol. The van der Waals surface area contributed by atoms with E-state index in [4.69, 9.17) is 21.3 Å². The number of benzene rings is 3. The number of aliphatic imine (C=N–C) groups is 1. The van der Waals surface area contributed by atoms with Gasteiger partial charge in [-0.2, -0.15) is 0 Å². The van der Waals surface area contributed by atoms with Crippen LogP contribution in [0.25, 0.3) is 15.4 Å². The lowest BCUT2D eigenvalue weighted by Crippen LogP contribution is -2.58. The quantitative estimate of drug-likeness (QED) is 0.0829. The van der Waals surface area contributed by atoms with Gasteiger partial charge >= 0.3 is 0 Å². The number of aliphatic hydroxyl groups is 1. The number of nitrogens with one attached hydrogen (secondary N) is 3. The molecule has 382 valence electrons. The first-order chi connectivity index (χ1) is 34.7. The highest BCUT2D eigenvalue weighted by Crippen LogP contribution is 2.40. The summed E-state index contributed by atoms with van der Waals surface area (Å²) >= 11 is 9.46. The van der Waals surface area contributed by atoms with E-state index in [0.29, 0.717) is 29.5 Å². The third-order valence-electron chi connectivity index (χ3n) is 13.9. The smallest absolute Gasteiger partial charge is 0.246 e. The maximum Gasteiger partial charge on any atom is 0.246 e. The maximum atomic E-state index is 15.6. The first-order valence-electron chi connectivity index (χ1n) is 24.4. The van der Waals surface area contributed by atoms with Crippen molar-refractivity contribution in [2.24, 2.45) is 10.4 Å². The number of aliphatic hydroxyl groups excluding tert-OH is 1. The highest BCUT2D eigenvalue weighted by molar-refractivity contribution is 7.15. The number of fused-ring (bicyclic) bond motifs is 3. The van der Waals surface area contributed by atoms with Crippen molar-refractivity contribution >= 4 is 63.6 Å². The van der Waals surface area contributed by atoms with Gasteiger partial charge in [-0.1, -0.05) is 74.8 Å². The Hall–Kier alpha value is -6.34. The molecular formula is C54H59ClFN9O6S2. The van der Waals surface area contributed by atoms with Crippen molar-refractivity contribution in [3.05, 3.63) is 133 Å². The fourth-order valence-corrected chi connectivity index (χ4v) is 11.9. The van der Waals surface area contributed by atoms with Crippen molar-refractivity contribution in [1.29, 1.82) is 0 Å². The number of likely N-dealkylation sites (tertiary alicyclic amines) is 1. The van der Waals surface area contributed by atoms with E-state index in [1.165, 1.54) is 17.0 Å². The molecule has 19 heteroatoms. The van der Waals surface area contributed by atoms with E-state index in [2.05, 4.69) is 45.0 Å². The van der Waals surface area contributed by atoms with Crippen LogP contribution < -0.4 is 20.7 Å². The second-order valence-corrected chi connectivity index (χ2v) is 22.9. The molecular weight excluding hydrogens is 989 g/mol. The molecule has 1 aliphatic carbocycles. The van der Waals surface area contributed by atoms with Crippen LogP contribution in [-0.2, 0) is 25.6 Å². The Kier molecular flexibility index (Phi) is 14.7. The number of halogens is 2. The van der Waals surface area contributed by atoms with E-state index in [9.17, 15) is 24.3 Å². The van der Waals surface area contributed by atoms with E-state index < -0.39 is 59.2 Å². The number of ether oxygens (including phenoxy) is 1. The molecule has 6 aromatic rings. The van der Waals surface area contributed by atoms with Gasteiger partial charge in [-0.25, -0.2) is 9.37 Å². The summed E-state index contributed by atoms with van der Waals surface area (Å²) < 4.78 is 23.7. The standard InChI is InChI=1S/C54H59ClFN9O6S2/c1-27-30(4)73-53-46(27)47(33-13-16-36(55)17-14-33)60-42(50-63-62-31(5)65(50)53)24-45(68)59-37-20-40(21-37)71-39-18-15-35(41(56)23-39)19-44(67)61-49(54(6,7)8)52(70)64-25-38(66)22-43(64)51(69)58-28(2)32-9-11-34(12-10-32)48-29(3)57-26-72-48/h9-18,23,26,28,37-38,40,42-43,49,66H,19-22,24-25H2,1-8H3,(H,58,69)(H,59,68)(H,61,67)/t28-,37?,38+,40?,42-,43-,49+/m0/s1. The Morgan fingerprint density at radius 3 is 2.32 bits per heavy atom. The Morgan fingerprint density at radius 2 is 1.64 bits per heavy atom. The molecule has 0 spiro atoms. The number of amides is 4. The first kappa shape index (κ1) is 51.6. The van der Waals surface area contributed by atoms with Crippen molar-refractivity contribution in [1.82, 2.24) is 40.6 Å². The number of hydrogen-bond donors (Lipinski definition) is 4. The molecule has 0 radical (unpaired) electrons. The molecule has 4 N–H and O–H groups in total. The largest absolute Gasteiger partial charge is 0.490 e. The van der Waals surface area contributed by atoms with Crippen molar-refractivity contribution in [2.45, 2.75) is 130 Å². The van der Waals surface area contributed by atoms with E-state index in [-0.39, 0.29) is 55.2 Å². The Bertz CT molecular complexity index is 3100. The van der Waals surface area contributed by atoms with Crippen LogP contribution in [0.2, 0.25) is 5.02 Å². The lowest BCUT2D eigenvalue weighted by Gasteiger charge is -2.36. The third kappa shape index (κ3) is 11.0. The second-order valence-electron chi connectivity index (χ2n) is 20.4. The average molecular weight is 1050 g/mol. The van der Waals surface area contributed by atoms with Crippen molar-refractivity contribution < 1.29 is 33.4 Å². The highest BCUT2D eigenvalue weighted by Gasteiger charge is 2.45. The topological polar surface area (TPSA) is 193 Å². The zero-order chi connectivity index (χ0) is 52.0. The van der Waals surface area contributed by atoms with Gasteiger partial charge in [-0.05, 0) is 80.5 Å². The summed E-state index contributed by atoms with van der Waals surface area (Å²) in [6.07, 6.45) is -0.475. The number of aromatic nitrogens is 4. The molecule has 3 aromatic carbocycles. The molecule has 1 saturated heterocycles. The van der Waals surface area contributed by atoms with Gasteiger partial charge in [0, 0.05) is 58.9 Å². The molecule has 0 bridgehead atoms. The third-order valence-corrected chi connectivity index (χ3v) is 16.4. The number of aryl methyl sites for hydroxylation is 3. The van der Waals surface area contributed by atoms with Gasteiger partial charge in [0.25, 0.3) is 0 Å². The molecule has 2 aliphatic heterocycles. The van der Waals surface area contributed by atoms with Crippen LogP contribution in [0, 0.1) is 38.9 Å². The molecule has 5 heterocycles. The minimum atomic E-state index is -1.09. The summed E-state index contributed by atoms with van der Waals surface area (Å²) in [5.74, 6) is -0.798. The van der Waals surface area contributed by atoms with Gasteiger partial charge < -0.3 is 30.7 Å². The summed E-state index contributed by atoms with van der Waals surface area (Å²) in [6.45, 7) is 15.2. The molecule has 3 aromatic heterocycles. The van der Waals surface area contributed by atoms with Crippen molar-refractivity contribution in [3.63, 3.8) is 0 Å². The lowest BCUT2D eigenvalue weighted by atomic mass is 9.85. The summed E-state index contributed by atoms with van der Waals surface area (Å²) in [7, 11) is 0. The molecule has 1 saturated carbocycles. The number of thiazole rings is 1. The van der Waals surface area contributed by atoms with Crippen LogP contribution in [0.15, 0.2) is 77.2 Å². The minimum absolute atomic E-state index is 0.0408. The Balaban J connectivity index is 0.781. The number of carbonyl (C=O) groups is 4. The molecule has 3 aliphatic rings. The van der Waals surface area contributed by atoms with Crippen molar-refractivity contribution in [3.8, 4) is 21.2 Å². The van der Waals surface area contributed by atoms with Gasteiger partial charge in [0.05, 0.1) is 46.8 Å². The zero-order valence-corrected chi connectivity index (χ0v) is 44.3. The SMILES string of the molecule is Cc1ncsc1-c1ccc([C@H](C)NC(=O)[C@@H]2C[C@@H](O)CN2C(=O)[C@@H](NC(=O)Cc2ccc(OC3CC(NC(=O)C[C@@H]4N=C(c5ccc(Cl)cc5)c5c(sc(C)c5C)-n5c(C)nnc54)C3)cc2F)C(C)(C)C)cc1. The number of β-amino-alcohol motifs (C(OH)–C–C–N with tert-alkyl or cyclic N) is 1. The highest BCUT2D eigenvalue weighted by atomic mass is 35.5. The fraction of sp³-hybridized carbons (Fsp3) is 0.407. The lowest BCUT2D eigenvalue weighted by molar-refractivity contribution is -0.144. The predicted octanol–water partition coefficient (Wildman–Crippen LogP) is 8.40. The van der Waals surface area contributed by atoms with Gasteiger partial charge in [-0.15, -0.1) is 32.9 Å². The molecule has 2 fully saturated rings. The van der Waals surface area contributed by atoms with Crippen LogP contribution >= 0.6 is 34.3 Å². The van der Waals surface area contributed by atoms with Crippen LogP contribution in [0.3, 0.4) is 0 Å². The van der Waals surface area contributed by atoms with E-state index in [1.807, 2.05) is 73.9 Å². The Morgan fingerprint density at radius 1 is 0.932 bits per heavy atom. The second kappa shape index (κ2) is 20.9. The maximum absolute atomic E-state index is 15.6. The van der Waals surface area contributed by atoms with Crippen molar-refractivity contribution in [2.75, 3.05) is 6.54 Å². The summed E-state index contributed by atoms with van der Waals surface area (Å²) in [4.78, 5) is 68.3. The van der Waals surface area contributed by atoms with Crippen LogP contribution in [0.5, 0.6) is 5.75 Å². The molecule has 15 nitrogen and oxygen atoms in total. The number of rotatable bonds is 14. The van der Waals surface area contributed by atoms with E-state index in [0.717, 1.165) is 54.0 Å².